The van der Waals surface area contributed by atoms with Gasteiger partial charge in [0.1, 0.15) is 5.82 Å². The highest BCUT2D eigenvalue weighted by atomic mass is 19.1. The van der Waals surface area contributed by atoms with Gasteiger partial charge in [-0.25, -0.2) is 4.39 Å². The maximum absolute atomic E-state index is 13.4. The molecule has 1 aliphatic carbocycles. The van der Waals surface area contributed by atoms with Gasteiger partial charge in [-0.2, -0.15) is 0 Å². The van der Waals surface area contributed by atoms with Gasteiger partial charge in [-0.3, -0.25) is 0 Å². The van der Waals surface area contributed by atoms with Crippen molar-refractivity contribution in [3.8, 4) is 0 Å². The zero-order valence-corrected chi connectivity index (χ0v) is 11.5. The van der Waals surface area contributed by atoms with Crippen molar-refractivity contribution in [1.29, 1.82) is 0 Å². The summed E-state index contributed by atoms with van der Waals surface area (Å²) < 4.78 is 13.4. The lowest BCUT2D eigenvalue weighted by molar-refractivity contribution is 0.580. The summed E-state index contributed by atoms with van der Waals surface area (Å²) in [6.07, 6.45) is 2.53. The highest BCUT2D eigenvalue weighted by Gasteiger charge is 2.29. The maximum Gasteiger partial charge on any atom is 0.123 e. The smallest absolute Gasteiger partial charge is 0.123 e. The standard InChI is InChI=1S/C15H23FN2/c1-4-18(14-6-7-14)15-8-5-13(16)9-12(15)10-17-11(2)3/h5,8-9,11,14,17H,4,6-7,10H2,1-3H3. The zero-order chi connectivity index (χ0) is 13.1. The molecule has 0 spiro atoms. The Balaban J connectivity index is 2.21. The van der Waals surface area contributed by atoms with Crippen LogP contribution in [0.5, 0.6) is 0 Å². The molecular formula is C15H23FN2. The van der Waals surface area contributed by atoms with E-state index in [0.717, 1.165) is 18.7 Å². The Hall–Kier alpha value is -1.09. The first kappa shape index (κ1) is 13.3. The number of nitrogens with one attached hydrogen (secondary N) is 1. The van der Waals surface area contributed by atoms with E-state index in [0.29, 0.717) is 12.1 Å². The predicted octanol–water partition coefficient (Wildman–Crippen LogP) is 3.31. The van der Waals surface area contributed by atoms with Crippen molar-refractivity contribution in [2.24, 2.45) is 0 Å². The molecule has 18 heavy (non-hydrogen) atoms. The second kappa shape index (κ2) is 5.70. The molecule has 2 nitrogen and oxygen atoms in total. The molecule has 1 N–H and O–H groups in total. The Bertz CT molecular complexity index is 399. The minimum Gasteiger partial charge on any atom is -0.369 e. The highest BCUT2D eigenvalue weighted by molar-refractivity contribution is 5.55. The molecule has 0 saturated heterocycles. The monoisotopic (exact) mass is 250 g/mol. The molecule has 0 unspecified atom stereocenters. The van der Waals surface area contributed by atoms with Gasteiger partial charge in [0.05, 0.1) is 0 Å². The number of halogens is 1. The van der Waals surface area contributed by atoms with Gasteiger partial charge in [0.2, 0.25) is 0 Å². The molecule has 0 aliphatic heterocycles. The molecule has 1 aliphatic rings. The summed E-state index contributed by atoms with van der Waals surface area (Å²) in [6.45, 7) is 8.11. The average molecular weight is 250 g/mol. The largest absolute Gasteiger partial charge is 0.369 e. The lowest BCUT2D eigenvalue weighted by Gasteiger charge is -2.26. The van der Waals surface area contributed by atoms with Crippen LogP contribution in [-0.4, -0.2) is 18.6 Å². The van der Waals surface area contributed by atoms with E-state index in [1.165, 1.54) is 18.5 Å². The third-order valence-electron chi connectivity index (χ3n) is 3.38. The van der Waals surface area contributed by atoms with Gasteiger partial charge >= 0.3 is 0 Å². The number of benzene rings is 1. The Morgan fingerprint density at radius 2 is 2.11 bits per heavy atom. The van der Waals surface area contributed by atoms with Crippen LogP contribution in [0.25, 0.3) is 0 Å². The molecule has 1 aromatic carbocycles. The second-order valence-corrected chi connectivity index (χ2v) is 5.33. The van der Waals surface area contributed by atoms with E-state index >= 15 is 0 Å². The van der Waals surface area contributed by atoms with Crippen LogP contribution in [0.4, 0.5) is 10.1 Å². The summed E-state index contributed by atoms with van der Waals surface area (Å²) in [5.74, 6) is -0.147. The van der Waals surface area contributed by atoms with Crippen LogP contribution < -0.4 is 10.2 Å². The normalized spacial score (nSPS) is 15.2. The van der Waals surface area contributed by atoms with Crippen molar-refractivity contribution in [2.45, 2.75) is 52.2 Å². The van der Waals surface area contributed by atoms with Crippen LogP contribution in [0.15, 0.2) is 18.2 Å². The van der Waals surface area contributed by atoms with Gasteiger partial charge in [-0.15, -0.1) is 0 Å². The molecule has 1 saturated carbocycles. The van der Waals surface area contributed by atoms with Crippen LogP contribution in [0.3, 0.4) is 0 Å². The van der Waals surface area contributed by atoms with E-state index in [2.05, 4.69) is 31.0 Å². The molecule has 100 valence electrons. The average Bonchev–Trinajstić information content (AvgIpc) is 3.14. The van der Waals surface area contributed by atoms with Crippen molar-refractivity contribution in [3.05, 3.63) is 29.6 Å². The Morgan fingerprint density at radius 1 is 1.39 bits per heavy atom. The van der Waals surface area contributed by atoms with Gasteiger partial charge < -0.3 is 10.2 Å². The molecule has 3 heteroatoms. The number of rotatable bonds is 6. The molecule has 0 radical (unpaired) electrons. The Labute approximate surface area is 109 Å². The summed E-state index contributed by atoms with van der Waals surface area (Å²) in [6, 6.07) is 6.24. The van der Waals surface area contributed by atoms with Crippen LogP contribution >= 0.6 is 0 Å². The summed E-state index contributed by atoms with van der Waals surface area (Å²) in [7, 11) is 0. The highest BCUT2D eigenvalue weighted by Crippen LogP contribution is 2.33. The second-order valence-electron chi connectivity index (χ2n) is 5.33. The molecule has 0 aromatic heterocycles. The van der Waals surface area contributed by atoms with Gasteiger partial charge in [0, 0.05) is 30.9 Å². The fourth-order valence-electron chi connectivity index (χ4n) is 2.30. The lowest BCUT2D eigenvalue weighted by atomic mass is 10.1. The summed E-state index contributed by atoms with van der Waals surface area (Å²) in [4.78, 5) is 2.40. The van der Waals surface area contributed by atoms with Crippen molar-refractivity contribution in [3.63, 3.8) is 0 Å². The topological polar surface area (TPSA) is 15.3 Å². The number of anilines is 1. The molecule has 0 amide bonds. The van der Waals surface area contributed by atoms with E-state index in [4.69, 9.17) is 0 Å². The molecular weight excluding hydrogens is 227 g/mol. The van der Waals surface area contributed by atoms with E-state index in [1.54, 1.807) is 12.1 Å². The van der Waals surface area contributed by atoms with E-state index < -0.39 is 0 Å². The number of hydrogen-bond acceptors (Lipinski definition) is 2. The summed E-state index contributed by atoms with van der Waals surface area (Å²) in [5.41, 5.74) is 2.26. The lowest BCUT2D eigenvalue weighted by Crippen LogP contribution is -2.28. The van der Waals surface area contributed by atoms with Crippen molar-refractivity contribution >= 4 is 5.69 Å². The van der Waals surface area contributed by atoms with Gasteiger partial charge in [-0.05, 0) is 43.5 Å². The van der Waals surface area contributed by atoms with E-state index in [1.807, 2.05) is 6.07 Å². The molecule has 0 atom stereocenters. The summed E-state index contributed by atoms with van der Waals surface area (Å²) >= 11 is 0. The Morgan fingerprint density at radius 3 is 2.67 bits per heavy atom. The van der Waals surface area contributed by atoms with Crippen molar-refractivity contribution < 1.29 is 4.39 Å². The molecule has 2 rings (SSSR count). The first-order valence-corrected chi connectivity index (χ1v) is 6.90. The maximum atomic E-state index is 13.4. The van der Waals surface area contributed by atoms with Crippen molar-refractivity contribution in [2.75, 3.05) is 11.4 Å². The molecule has 1 fully saturated rings. The molecule has 1 aromatic rings. The molecule has 0 bridgehead atoms. The van der Waals surface area contributed by atoms with Crippen LogP contribution in [0.2, 0.25) is 0 Å². The predicted molar refractivity (Wildman–Crippen MR) is 74.4 cm³/mol. The first-order valence-electron chi connectivity index (χ1n) is 6.90. The van der Waals surface area contributed by atoms with E-state index in [-0.39, 0.29) is 5.82 Å². The zero-order valence-electron chi connectivity index (χ0n) is 11.5. The molecule has 0 heterocycles. The van der Waals surface area contributed by atoms with Gasteiger partial charge in [-0.1, -0.05) is 13.8 Å². The van der Waals surface area contributed by atoms with Gasteiger partial charge in [0.25, 0.3) is 0 Å². The summed E-state index contributed by atoms with van der Waals surface area (Å²) in [5, 5.41) is 3.37. The van der Waals surface area contributed by atoms with Crippen LogP contribution in [0, 0.1) is 5.82 Å². The number of hydrogen-bond donors (Lipinski definition) is 1. The SMILES string of the molecule is CCN(c1ccc(F)cc1CNC(C)C)C1CC1. The fraction of sp³-hybridized carbons (Fsp3) is 0.600. The van der Waals surface area contributed by atoms with E-state index in [9.17, 15) is 4.39 Å². The third kappa shape index (κ3) is 3.22. The first-order chi connectivity index (χ1) is 8.61. The van der Waals surface area contributed by atoms with Gasteiger partial charge in [0.15, 0.2) is 0 Å². The fourth-order valence-corrected chi connectivity index (χ4v) is 2.30. The van der Waals surface area contributed by atoms with Crippen LogP contribution in [0.1, 0.15) is 39.2 Å². The quantitative estimate of drug-likeness (QED) is 0.833. The minimum absolute atomic E-state index is 0.147. The van der Waals surface area contributed by atoms with Crippen LogP contribution in [-0.2, 0) is 6.54 Å². The third-order valence-corrected chi connectivity index (χ3v) is 3.38. The van der Waals surface area contributed by atoms with Crippen molar-refractivity contribution in [1.82, 2.24) is 5.32 Å². The number of nitrogens with zero attached hydrogens (tertiary/aromatic N) is 1. The Kier molecular flexibility index (Phi) is 4.23. The minimum atomic E-state index is -0.147.